The Kier molecular flexibility index (Phi) is 1.90. The zero-order chi connectivity index (χ0) is 9.59. The van der Waals surface area contributed by atoms with Crippen LogP contribution in [0.25, 0.3) is 0 Å². The SMILES string of the molecule is CC(C)C1C2C=CC(C2)C1[N+](=O)[O-]. The fourth-order valence-electron chi connectivity index (χ4n) is 3.02. The molecule has 0 heterocycles. The van der Waals surface area contributed by atoms with E-state index in [1.54, 1.807) is 0 Å². The Morgan fingerprint density at radius 1 is 1.38 bits per heavy atom. The Balaban J connectivity index is 2.25. The molecule has 13 heavy (non-hydrogen) atoms. The summed E-state index contributed by atoms with van der Waals surface area (Å²) in [5, 5.41) is 10.9. The monoisotopic (exact) mass is 181 g/mol. The van der Waals surface area contributed by atoms with Crippen molar-refractivity contribution < 1.29 is 4.92 Å². The molecule has 0 aromatic heterocycles. The Morgan fingerprint density at radius 2 is 2.00 bits per heavy atom. The first kappa shape index (κ1) is 8.73. The van der Waals surface area contributed by atoms with Crippen molar-refractivity contribution in [2.45, 2.75) is 26.3 Å². The van der Waals surface area contributed by atoms with Crippen LogP contribution in [0, 0.1) is 33.8 Å². The van der Waals surface area contributed by atoms with Crippen molar-refractivity contribution in [2.75, 3.05) is 0 Å². The molecule has 0 saturated heterocycles. The van der Waals surface area contributed by atoms with E-state index in [1.165, 1.54) is 0 Å². The molecule has 4 atom stereocenters. The van der Waals surface area contributed by atoms with Crippen LogP contribution >= 0.6 is 0 Å². The van der Waals surface area contributed by atoms with Gasteiger partial charge in [-0.2, -0.15) is 0 Å². The standard InChI is InChI=1S/C10H15NO2/c1-6(2)9-7-3-4-8(5-7)10(9)11(12)13/h3-4,6-10H,5H2,1-2H3. The summed E-state index contributed by atoms with van der Waals surface area (Å²) in [6, 6.07) is -0.310. The molecule has 4 unspecified atom stereocenters. The van der Waals surface area contributed by atoms with Crippen LogP contribution in [0.15, 0.2) is 12.2 Å². The molecule has 0 N–H and O–H groups in total. The van der Waals surface area contributed by atoms with E-state index >= 15 is 0 Å². The maximum Gasteiger partial charge on any atom is 0.222 e. The highest BCUT2D eigenvalue weighted by Gasteiger charge is 2.52. The van der Waals surface area contributed by atoms with Gasteiger partial charge in [0.1, 0.15) is 0 Å². The Morgan fingerprint density at radius 3 is 2.46 bits per heavy atom. The van der Waals surface area contributed by atoms with E-state index < -0.39 is 0 Å². The molecule has 2 aliphatic rings. The van der Waals surface area contributed by atoms with E-state index in [0.29, 0.717) is 11.8 Å². The fraction of sp³-hybridized carbons (Fsp3) is 0.800. The lowest BCUT2D eigenvalue weighted by Gasteiger charge is -2.24. The zero-order valence-electron chi connectivity index (χ0n) is 8.01. The van der Waals surface area contributed by atoms with Crippen molar-refractivity contribution in [3.8, 4) is 0 Å². The van der Waals surface area contributed by atoms with Gasteiger partial charge in [-0.1, -0.05) is 26.0 Å². The second-order valence-electron chi connectivity index (χ2n) is 4.55. The number of rotatable bonds is 2. The van der Waals surface area contributed by atoms with Gasteiger partial charge in [-0.15, -0.1) is 0 Å². The second kappa shape index (κ2) is 2.82. The van der Waals surface area contributed by atoms with Crippen LogP contribution < -0.4 is 0 Å². The minimum absolute atomic E-state index is 0.0706. The third-order valence-corrected chi connectivity index (χ3v) is 3.49. The highest BCUT2D eigenvalue weighted by atomic mass is 16.6. The molecule has 72 valence electrons. The third kappa shape index (κ3) is 1.18. The molecule has 1 fully saturated rings. The summed E-state index contributed by atoms with van der Waals surface area (Å²) in [6.07, 6.45) is 5.22. The summed E-state index contributed by atoms with van der Waals surface area (Å²) >= 11 is 0. The fourth-order valence-corrected chi connectivity index (χ4v) is 3.02. The topological polar surface area (TPSA) is 43.1 Å². The molecule has 0 aliphatic heterocycles. The van der Waals surface area contributed by atoms with Gasteiger partial charge < -0.3 is 0 Å². The normalized spacial score (nSPS) is 41.8. The van der Waals surface area contributed by atoms with Gasteiger partial charge in [0.25, 0.3) is 0 Å². The lowest BCUT2D eigenvalue weighted by molar-refractivity contribution is -0.537. The van der Waals surface area contributed by atoms with Gasteiger partial charge in [-0.05, 0) is 18.3 Å². The largest absolute Gasteiger partial charge is 0.264 e. The maximum absolute atomic E-state index is 10.9. The lowest BCUT2D eigenvalue weighted by atomic mass is 9.81. The Hall–Kier alpha value is -0.860. The van der Waals surface area contributed by atoms with Gasteiger partial charge in [-0.3, -0.25) is 10.1 Å². The minimum Gasteiger partial charge on any atom is -0.264 e. The number of allylic oxidation sites excluding steroid dienone is 1. The summed E-state index contributed by atoms with van der Waals surface area (Å²) in [5.41, 5.74) is 0. The van der Waals surface area contributed by atoms with Gasteiger partial charge in [0.15, 0.2) is 0 Å². The van der Waals surface area contributed by atoms with Crippen molar-refractivity contribution >= 4 is 0 Å². The van der Waals surface area contributed by atoms with E-state index in [0.717, 1.165) is 6.42 Å². The van der Waals surface area contributed by atoms with Gasteiger partial charge in [0.2, 0.25) is 6.04 Å². The molecule has 0 aromatic rings. The molecule has 1 saturated carbocycles. The highest BCUT2D eigenvalue weighted by molar-refractivity contribution is 5.14. The molecule has 0 radical (unpaired) electrons. The third-order valence-electron chi connectivity index (χ3n) is 3.49. The van der Waals surface area contributed by atoms with E-state index in [2.05, 4.69) is 19.9 Å². The first-order valence-electron chi connectivity index (χ1n) is 4.93. The van der Waals surface area contributed by atoms with Gasteiger partial charge in [0, 0.05) is 16.8 Å². The number of nitro groups is 1. The average molecular weight is 181 g/mol. The lowest BCUT2D eigenvalue weighted by Crippen LogP contribution is -2.35. The molecule has 2 rings (SSSR count). The molecule has 3 heteroatoms. The number of hydrogen-bond donors (Lipinski definition) is 0. The van der Waals surface area contributed by atoms with Gasteiger partial charge in [0.05, 0.1) is 0 Å². The van der Waals surface area contributed by atoms with Crippen molar-refractivity contribution in [2.24, 2.45) is 23.7 Å². The molecule has 0 spiro atoms. The second-order valence-corrected chi connectivity index (χ2v) is 4.55. The first-order chi connectivity index (χ1) is 6.11. The summed E-state index contributed by atoms with van der Waals surface area (Å²) in [7, 11) is 0. The van der Waals surface area contributed by atoms with Crippen LogP contribution in [0.5, 0.6) is 0 Å². The predicted octanol–water partition coefficient (Wildman–Crippen LogP) is 2.11. The van der Waals surface area contributed by atoms with E-state index in [-0.39, 0.29) is 22.8 Å². The summed E-state index contributed by atoms with van der Waals surface area (Å²) in [4.78, 5) is 10.8. The quantitative estimate of drug-likeness (QED) is 0.372. The van der Waals surface area contributed by atoms with Crippen LogP contribution in [0.1, 0.15) is 20.3 Å². The zero-order valence-corrected chi connectivity index (χ0v) is 8.01. The van der Waals surface area contributed by atoms with Gasteiger partial charge in [-0.25, -0.2) is 0 Å². The van der Waals surface area contributed by atoms with Crippen LogP contribution in [0.2, 0.25) is 0 Å². The van der Waals surface area contributed by atoms with Crippen molar-refractivity contribution in [1.29, 1.82) is 0 Å². The Bertz CT molecular complexity index is 260. The van der Waals surface area contributed by atoms with Crippen molar-refractivity contribution in [1.82, 2.24) is 0 Å². The van der Waals surface area contributed by atoms with E-state index in [9.17, 15) is 10.1 Å². The van der Waals surface area contributed by atoms with Crippen LogP contribution in [0.4, 0.5) is 0 Å². The number of fused-ring (bicyclic) bond motifs is 2. The van der Waals surface area contributed by atoms with Crippen molar-refractivity contribution in [3.63, 3.8) is 0 Å². The molecular weight excluding hydrogens is 166 g/mol. The minimum atomic E-state index is -0.310. The smallest absolute Gasteiger partial charge is 0.222 e. The summed E-state index contributed by atoms with van der Waals surface area (Å²) in [5.74, 6) is 1.38. The summed E-state index contributed by atoms with van der Waals surface area (Å²) < 4.78 is 0. The van der Waals surface area contributed by atoms with E-state index in [4.69, 9.17) is 0 Å². The van der Waals surface area contributed by atoms with Crippen molar-refractivity contribution in [3.05, 3.63) is 22.3 Å². The Labute approximate surface area is 78.0 Å². The highest BCUT2D eigenvalue weighted by Crippen LogP contribution is 2.47. The van der Waals surface area contributed by atoms with E-state index in [1.807, 2.05) is 6.08 Å². The summed E-state index contributed by atoms with van der Waals surface area (Å²) in [6.45, 7) is 4.19. The molecule has 0 aromatic carbocycles. The molecule has 2 bridgehead atoms. The molecular formula is C10H15NO2. The van der Waals surface area contributed by atoms with Crippen LogP contribution in [0.3, 0.4) is 0 Å². The molecule has 0 amide bonds. The predicted molar refractivity (Wildman–Crippen MR) is 49.8 cm³/mol. The number of nitrogens with zero attached hydrogens (tertiary/aromatic N) is 1. The van der Waals surface area contributed by atoms with Crippen LogP contribution in [-0.4, -0.2) is 11.0 Å². The molecule has 3 nitrogen and oxygen atoms in total. The van der Waals surface area contributed by atoms with Crippen LogP contribution in [-0.2, 0) is 0 Å². The average Bonchev–Trinajstić information content (AvgIpc) is 2.60. The van der Waals surface area contributed by atoms with Gasteiger partial charge >= 0.3 is 0 Å². The molecule has 2 aliphatic carbocycles. The number of hydrogen-bond acceptors (Lipinski definition) is 2. The first-order valence-corrected chi connectivity index (χ1v) is 4.93. The maximum atomic E-state index is 10.9.